The fourth-order valence-corrected chi connectivity index (χ4v) is 1.74. The summed E-state index contributed by atoms with van der Waals surface area (Å²) in [5.41, 5.74) is 0.505. The Labute approximate surface area is 115 Å². The first-order valence-electron chi connectivity index (χ1n) is 5.75. The molecular formula is C13H14ClFN2O2. The third kappa shape index (κ3) is 3.05. The molecule has 0 fully saturated rings. The summed E-state index contributed by atoms with van der Waals surface area (Å²) in [6.07, 6.45) is 0.796. The summed E-state index contributed by atoms with van der Waals surface area (Å²) in [7, 11) is 1.75. The van der Waals surface area contributed by atoms with Gasteiger partial charge >= 0.3 is 0 Å². The van der Waals surface area contributed by atoms with E-state index in [-0.39, 0.29) is 12.4 Å². The average molecular weight is 285 g/mol. The van der Waals surface area contributed by atoms with Crippen molar-refractivity contribution < 1.29 is 14.2 Å². The highest BCUT2D eigenvalue weighted by Gasteiger charge is 2.10. The summed E-state index contributed by atoms with van der Waals surface area (Å²) in [6.45, 7) is 1.69. The topological polar surface area (TPSA) is 47.3 Å². The summed E-state index contributed by atoms with van der Waals surface area (Å²) in [5, 5.41) is 9.84. The van der Waals surface area contributed by atoms with Gasteiger partial charge in [0.05, 0.1) is 12.3 Å². The summed E-state index contributed by atoms with van der Waals surface area (Å²) in [4.78, 5) is 4.05. The molecule has 2 aromatic rings. The minimum Gasteiger partial charge on any atom is -0.483 e. The maximum atomic E-state index is 13.7. The Bertz CT molecular complexity index is 584. The molecule has 102 valence electrons. The lowest BCUT2D eigenvalue weighted by Crippen LogP contribution is -2.05. The van der Waals surface area contributed by atoms with Gasteiger partial charge in [0, 0.05) is 7.05 Å². The molecule has 0 saturated heterocycles. The number of benzene rings is 1. The van der Waals surface area contributed by atoms with E-state index < -0.39 is 11.9 Å². The zero-order valence-corrected chi connectivity index (χ0v) is 11.4. The lowest BCUT2D eigenvalue weighted by Gasteiger charge is -2.10. The van der Waals surface area contributed by atoms with Gasteiger partial charge in [-0.25, -0.2) is 9.37 Å². The van der Waals surface area contributed by atoms with Crippen molar-refractivity contribution in [2.24, 2.45) is 7.05 Å². The molecule has 6 heteroatoms. The third-order valence-electron chi connectivity index (χ3n) is 2.82. The molecule has 1 aromatic heterocycles. The zero-order chi connectivity index (χ0) is 14.0. The number of hydrogen-bond donors (Lipinski definition) is 1. The molecule has 0 aliphatic heterocycles. The summed E-state index contributed by atoms with van der Waals surface area (Å²) >= 11 is 5.84. The van der Waals surface area contributed by atoms with Crippen molar-refractivity contribution in [3.63, 3.8) is 0 Å². The molecule has 0 unspecified atom stereocenters. The predicted molar refractivity (Wildman–Crippen MR) is 69.6 cm³/mol. The second-order valence-corrected chi connectivity index (χ2v) is 4.60. The molecule has 1 atom stereocenters. The molecule has 0 radical (unpaired) electrons. The fraction of sp³-hybridized carbons (Fsp3) is 0.308. The number of hydrogen-bond acceptors (Lipinski definition) is 3. The van der Waals surface area contributed by atoms with E-state index in [9.17, 15) is 9.50 Å². The van der Waals surface area contributed by atoms with Gasteiger partial charge in [-0.2, -0.15) is 0 Å². The standard InChI is InChI=1S/C13H14ClFN2O2/c1-8(18)9-3-4-11(10(15)5-9)19-7-13-16-6-12(14)17(13)2/h3-6,8,18H,7H2,1-2H3/t8-/m0/s1. The van der Waals surface area contributed by atoms with Crippen LogP contribution in [-0.2, 0) is 13.7 Å². The van der Waals surface area contributed by atoms with Crippen molar-refractivity contribution in [2.45, 2.75) is 19.6 Å². The van der Waals surface area contributed by atoms with Crippen LogP contribution in [0.1, 0.15) is 24.4 Å². The fourth-order valence-electron chi connectivity index (χ4n) is 1.59. The van der Waals surface area contributed by atoms with Crippen LogP contribution in [0.25, 0.3) is 0 Å². The van der Waals surface area contributed by atoms with Gasteiger partial charge in [0.25, 0.3) is 0 Å². The molecule has 0 aliphatic carbocycles. The lowest BCUT2D eigenvalue weighted by atomic mass is 10.1. The van der Waals surface area contributed by atoms with E-state index in [0.29, 0.717) is 16.5 Å². The quantitative estimate of drug-likeness (QED) is 0.939. The van der Waals surface area contributed by atoms with Crippen molar-refractivity contribution >= 4 is 11.6 Å². The van der Waals surface area contributed by atoms with Gasteiger partial charge in [-0.3, -0.25) is 0 Å². The van der Waals surface area contributed by atoms with E-state index >= 15 is 0 Å². The van der Waals surface area contributed by atoms with Gasteiger partial charge in [-0.15, -0.1) is 0 Å². The van der Waals surface area contributed by atoms with Crippen molar-refractivity contribution in [2.75, 3.05) is 0 Å². The summed E-state index contributed by atoms with van der Waals surface area (Å²) in [6, 6.07) is 4.36. The molecule has 1 aromatic carbocycles. The molecule has 0 saturated carbocycles. The Balaban J connectivity index is 2.10. The van der Waals surface area contributed by atoms with Crippen molar-refractivity contribution in [1.82, 2.24) is 9.55 Å². The minimum absolute atomic E-state index is 0.114. The highest BCUT2D eigenvalue weighted by atomic mass is 35.5. The molecule has 2 rings (SSSR count). The highest BCUT2D eigenvalue weighted by Crippen LogP contribution is 2.23. The first kappa shape index (κ1) is 13.8. The van der Waals surface area contributed by atoms with Crippen molar-refractivity contribution in [3.05, 3.63) is 46.8 Å². The van der Waals surface area contributed by atoms with Crippen LogP contribution < -0.4 is 4.74 Å². The summed E-state index contributed by atoms with van der Waals surface area (Å²) < 4.78 is 20.7. The zero-order valence-electron chi connectivity index (χ0n) is 10.6. The number of aliphatic hydroxyl groups excluding tert-OH is 1. The Morgan fingerprint density at radius 1 is 1.53 bits per heavy atom. The predicted octanol–water partition coefficient (Wildman–Crippen LogP) is 2.84. The molecule has 4 nitrogen and oxygen atoms in total. The number of nitrogens with zero attached hydrogens (tertiary/aromatic N) is 2. The molecule has 1 heterocycles. The maximum absolute atomic E-state index is 13.7. The van der Waals surface area contributed by atoms with Gasteiger partial charge in [-0.05, 0) is 24.6 Å². The molecule has 19 heavy (non-hydrogen) atoms. The van der Waals surface area contributed by atoms with Crippen molar-refractivity contribution in [3.8, 4) is 5.75 Å². The second kappa shape index (κ2) is 5.59. The van der Waals surface area contributed by atoms with E-state index in [1.807, 2.05) is 0 Å². The first-order valence-corrected chi connectivity index (χ1v) is 6.13. The molecule has 0 amide bonds. The van der Waals surface area contributed by atoms with Gasteiger partial charge in [0.2, 0.25) is 0 Å². The minimum atomic E-state index is -0.711. The van der Waals surface area contributed by atoms with Gasteiger partial charge in [0.1, 0.15) is 17.6 Å². The second-order valence-electron chi connectivity index (χ2n) is 4.21. The lowest BCUT2D eigenvalue weighted by molar-refractivity contribution is 0.198. The third-order valence-corrected chi connectivity index (χ3v) is 3.17. The number of halogens is 2. The number of imidazole rings is 1. The van der Waals surface area contributed by atoms with Gasteiger partial charge in [-0.1, -0.05) is 17.7 Å². The summed E-state index contributed by atoms with van der Waals surface area (Å²) in [5.74, 6) is 0.200. The first-order chi connectivity index (χ1) is 8.99. The normalized spacial score (nSPS) is 12.5. The highest BCUT2D eigenvalue weighted by molar-refractivity contribution is 6.29. The van der Waals surface area contributed by atoms with E-state index in [1.165, 1.54) is 18.3 Å². The average Bonchev–Trinajstić information content (AvgIpc) is 2.68. The number of aliphatic hydroxyl groups is 1. The van der Waals surface area contributed by atoms with E-state index in [1.54, 1.807) is 24.6 Å². The van der Waals surface area contributed by atoms with E-state index in [0.717, 1.165) is 0 Å². The molecule has 0 spiro atoms. The van der Waals surface area contributed by atoms with E-state index in [2.05, 4.69) is 4.98 Å². The Hall–Kier alpha value is -1.59. The van der Waals surface area contributed by atoms with Gasteiger partial charge in [0.15, 0.2) is 11.6 Å². The number of ether oxygens (including phenoxy) is 1. The Morgan fingerprint density at radius 2 is 2.26 bits per heavy atom. The SMILES string of the molecule is C[C@H](O)c1ccc(OCc2ncc(Cl)n2C)c(F)c1. The molecule has 1 N–H and O–H groups in total. The van der Waals surface area contributed by atoms with Crippen LogP contribution in [-0.4, -0.2) is 14.7 Å². The molecule has 0 bridgehead atoms. The maximum Gasteiger partial charge on any atom is 0.165 e. The van der Waals surface area contributed by atoms with Crippen molar-refractivity contribution in [1.29, 1.82) is 0 Å². The molecule has 0 aliphatic rings. The van der Waals surface area contributed by atoms with Crippen LogP contribution in [0.15, 0.2) is 24.4 Å². The molecular weight excluding hydrogens is 271 g/mol. The van der Waals surface area contributed by atoms with Crippen LogP contribution in [0.3, 0.4) is 0 Å². The Morgan fingerprint density at radius 3 is 2.79 bits per heavy atom. The monoisotopic (exact) mass is 284 g/mol. The van der Waals surface area contributed by atoms with Crippen LogP contribution in [0.2, 0.25) is 5.15 Å². The Kier molecular flexibility index (Phi) is 4.07. The smallest absolute Gasteiger partial charge is 0.165 e. The van der Waals surface area contributed by atoms with Gasteiger partial charge < -0.3 is 14.4 Å². The number of rotatable bonds is 4. The van der Waals surface area contributed by atoms with E-state index in [4.69, 9.17) is 16.3 Å². The van der Waals surface area contributed by atoms with Crippen LogP contribution in [0.5, 0.6) is 5.75 Å². The van der Waals surface area contributed by atoms with Crippen LogP contribution >= 0.6 is 11.6 Å². The van der Waals surface area contributed by atoms with Crippen LogP contribution in [0.4, 0.5) is 4.39 Å². The number of aromatic nitrogens is 2. The van der Waals surface area contributed by atoms with Crippen LogP contribution in [0, 0.1) is 5.82 Å². The largest absolute Gasteiger partial charge is 0.483 e.